The standard InChI is InChI=1S/C67H77ClN10O13S.C22H29N3O7/c1-67(2)20-16-47(54(39-67)45-6-8-48(68)9-7-45)42-75-25-27-76(28-26-75)49-10-12-52(60(37-49)91-50-36-46-17-21-70-63(46)72-41-50)59(79)43-92(86,87)51-11-13-55(58(38-51)78(84)85)71-40-44-18-23-74(24-19-44)29-31-89-33-35-90-34-32-88-30-22-69-56-5-3-4-53-62(56)66(83)77(65(53)82)57-14-15-61(80)73-64(57)81;1-2-9-30-11-13-32-14-12-31-10-8-23-16-5-3-4-15-19(16)22(29)25(21(15)28)17-6-7-18(26)24-20(17)27/h3-13,17,21,36-38,41,44,57,69,71H,14-16,18-20,22-35,39-40,42-43H2,1-2H3,(H,70,72)(H,73,80,81);3-5,17,23H,2,6-14H2,1H3,(H,24,26,27). The number of ether oxygens (including phenoxy) is 7. The number of piperazine rings is 1. The van der Waals surface area contributed by atoms with Crippen molar-refractivity contribution in [3.05, 3.63) is 176 Å². The number of nitrogens with one attached hydrogen (secondary N) is 6. The molecule has 0 radical (unpaired) electrons. The Kier molecular flexibility index (Phi) is 31.2. The molecule has 124 heavy (non-hydrogen) atoms. The van der Waals surface area contributed by atoms with Gasteiger partial charge in [-0.25, -0.2) is 13.4 Å². The summed E-state index contributed by atoms with van der Waals surface area (Å²) in [7, 11) is -4.39. The van der Waals surface area contributed by atoms with Crippen LogP contribution in [0.2, 0.25) is 5.02 Å². The van der Waals surface area contributed by atoms with E-state index in [1.54, 1.807) is 60.8 Å². The van der Waals surface area contributed by atoms with Gasteiger partial charge in [0.2, 0.25) is 23.6 Å². The lowest BCUT2D eigenvalue weighted by Gasteiger charge is -2.39. The van der Waals surface area contributed by atoms with Crippen LogP contribution in [0.5, 0.6) is 11.5 Å². The summed E-state index contributed by atoms with van der Waals surface area (Å²) in [6.45, 7) is 19.6. The Labute approximate surface area is 723 Å². The summed E-state index contributed by atoms with van der Waals surface area (Å²) in [6, 6.07) is 28.5. The number of Topliss-reactive ketones (excluding diaryl/α,β-unsaturated/α-hetero) is 1. The summed E-state index contributed by atoms with van der Waals surface area (Å²) in [6.07, 6.45) is 9.45. The minimum atomic E-state index is -4.39. The topological polar surface area (TPSA) is 401 Å². The number of halogens is 1. The van der Waals surface area contributed by atoms with Crippen LogP contribution in [0.25, 0.3) is 16.6 Å². The molecular formula is C89H106ClN13O20S. The Balaban J connectivity index is 0.000000346. The average Bonchev–Trinajstić information content (AvgIpc) is 1.61. The SMILES string of the molecule is CC1(C)CCC(CN2CCN(c3ccc(C(=O)CS(=O)(=O)c4ccc(NCC5CCN(CCOCCOCCOCCNc6cccc7c6C(=O)N(C6CCC(=O)NC6=O)C7=O)CC5)c([N+](=O)[O-])c4)c(Oc4cnc5[nH]ccc5c4)c3)CC2)=C(c2ccc(Cl)cc2)C1.CCCOCCOCCOCCNc1cccc2c1C(=O)N(C1CCC(=O)NC1=O)C2=O. The lowest BCUT2D eigenvalue weighted by Crippen LogP contribution is -2.54. The number of carbonyl (C=O) groups excluding carboxylic acids is 9. The number of ketones is 1. The Hall–Kier alpha value is -10.9. The summed E-state index contributed by atoms with van der Waals surface area (Å²) in [5, 5.41) is 27.8. The van der Waals surface area contributed by atoms with E-state index in [-0.39, 0.29) is 81.2 Å². The third-order valence-electron chi connectivity index (χ3n) is 23.0. The van der Waals surface area contributed by atoms with Crippen LogP contribution in [0.1, 0.15) is 142 Å². The van der Waals surface area contributed by atoms with Crippen molar-refractivity contribution in [3.8, 4) is 11.5 Å². The number of sulfone groups is 1. The number of nitro groups is 1. The van der Waals surface area contributed by atoms with Crippen LogP contribution in [0, 0.1) is 21.4 Å². The zero-order valence-electron chi connectivity index (χ0n) is 69.9. The monoisotopic (exact) mass is 1740 g/mol. The summed E-state index contributed by atoms with van der Waals surface area (Å²) in [5.74, 6) is -5.29. The molecule has 0 saturated carbocycles. The number of piperidine rings is 3. The smallest absolute Gasteiger partial charge is 0.293 e. The second kappa shape index (κ2) is 42.6. The maximum atomic E-state index is 14.3. The van der Waals surface area contributed by atoms with E-state index in [9.17, 15) is 61.7 Å². The van der Waals surface area contributed by atoms with E-state index in [0.29, 0.717) is 128 Å². The predicted octanol–water partition coefficient (Wildman–Crippen LogP) is 10.0. The first kappa shape index (κ1) is 90.8. The molecule has 660 valence electrons. The van der Waals surface area contributed by atoms with Crippen molar-refractivity contribution in [1.29, 1.82) is 0 Å². The van der Waals surface area contributed by atoms with Crippen LogP contribution >= 0.6 is 11.6 Å². The summed E-state index contributed by atoms with van der Waals surface area (Å²) < 4.78 is 68.0. The number of aromatic nitrogens is 2. The van der Waals surface area contributed by atoms with Gasteiger partial charge in [0.05, 0.1) is 117 Å². The molecule has 0 bridgehead atoms. The molecule has 4 fully saturated rings. The van der Waals surface area contributed by atoms with E-state index in [4.69, 9.17) is 44.8 Å². The molecule has 8 heterocycles. The number of nitro benzene ring substituents is 1. The van der Waals surface area contributed by atoms with E-state index in [0.717, 1.165) is 116 Å². The molecule has 0 spiro atoms. The van der Waals surface area contributed by atoms with Gasteiger partial charge in [-0.05, 0) is 160 Å². The fourth-order valence-corrected chi connectivity index (χ4v) is 17.7. The van der Waals surface area contributed by atoms with Crippen molar-refractivity contribution in [1.82, 2.24) is 40.2 Å². The molecule has 33 nitrogen and oxygen atoms in total. The largest absolute Gasteiger partial charge is 0.455 e. The van der Waals surface area contributed by atoms with Crippen LogP contribution in [-0.4, -0.2) is 265 Å². The van der Waals surface area contributed by atoms with Crippen LogP contribution < -0.4 is 36.2 Å². The van der Waals surface area contributed by atoms with Gasteiger partial charge in [0.15, 0.2) is 15.6 Å². The minimum absolute atomic E-state index is 0.0412. The molecule has 2 aromatic heterocycles. The van der Waals surface area contributed by atoms with Gasteiger partial charge in [-0.1, -0.05) is 62.2 Å². The third kappa shape index (κ3) is 23.2. The number of allylic oxidation sites excluding steroid dienone is 1. The number of amides is 8. The molecule has 1 aliphatic carbocycles. The Morgan fingerprint density at radius 3 is 1.76 bits per heavy atom. The number of hydrogen-bond donors (Lipinski definition) is 6. The summed E-state index contributed by atoms with van der Waals surface area (Å²) in [5.41, 5.74) is 7.39. The first-order chi connectivity index (χ1) is 59.9. The van der Waals surface area contributed by atoms with Gasteiger partial charge in [0, 0.05) is 124 Å². The Morgan fingerprint density at radius 2 is 1.19 bits per heavy atom. The van der Waals surface area contributed by atoms with Crippen molar-refractivity contribution in [2.75, 3.05) is 178 Å². The van der Waals surface area contributed by atoms with Crippen LogP contribution in [0.15, 0.2) is 132 Å². The van der Waals surface area contributed by atoms with Crippen molar-refractivity contribution in [3.63, 3.8) is 0 Å². The number of anilines is 4. The van der Waals surface area contributed by atoms with E-state index in [1.807, 2.05) is 24.3 Å². The highest BCUT2D eigenvalue weighted by molar-refractivity contribution is 7.92. The van der Waals surface area contributed by atoms with E-state index >= 15 is 0 Å². The molecule has 2 unspecified atom stereocenters. The molecule has 35 heteroatoms. The van der Waals surface area contributed by atoms with Crippen LogP contribution in [0.4, 0.5) is 28.4 Å². The number of hydrogen-bond acceptors (Lipinski definition) is 27. The van der Waals surface area contributed by atoms with E-state index < -0.39 is 91.3 Å². The minimum Gasteiger partial charge on any atom is -0.455 e. The molecular weight excluding hydrogens is 1640 g/mol. The maximum Gasteiger partial charge on any atom is 0.293 e. The molecule has 2 atom stereocenters. The lowest BCUT2D eigenvalue weighted by atomic mass is 9.72. The third-order valence-corrected chi connectivity index (χ3v) is 24.8. The van der Waals surface area contributed by atoms with E-state index in [1.165, 1.54) is 35.0 Å². The molecule has 6 aliphatic heterocycles. The van der Waals surface area contributed by atoms with E-state index in [2.05, 4.69) is 84.2 Å². The summed E-state index contributed by atoms with van der Waals surface area (Å²) >= 11 is 6.28. The molecule has 6 N–H and O–H groups in total. The molecule has 7 aromatic rings. The zero-order chi connectivity index (χ0) is 87.4. The molecule has 7 aliphatic rings. The highest BCUT2D eigenvalue weighted by Gasteiger charge is 2.48. The van der Waals surface area contributed by atoms with Gasteiger partial charge in [-0.15, -0.1) is 0 Å². The van der Waals surface area contributed by atoms with Gasteiger partial charge in [0.25, 0.3) is 29.3 Å². The number of imide groups is 4. The highest BCUT2D eigenvalue weighted by Crippen LogP contribution is 2.44. The van der Waals surface area contributed by atoms with Crippen molar-refractivity contribution >= 4 is 120 Å². The normalized spacial score (nSPS) is 18.3. The van der Waals surface area contributed by atoms with Crippen LogP contribution in [-0.2, 0) is 57.4 Å². The Morgan fingerprint density at radius 1 is 0.613 bits per heavy atom. The van der Waals surface area contributed by atoms with Crippen molar-refractivity contribution in [2.24, 2.45) is 11.3 Å². The number of carbonyl (C=O) groups is 9. The first-order valence-electron chi connectivity index (χ1n) is 42.2. The average molecular weight is 1750 g/mol. The molecule has 4 saturated heterocycles. The number of H-pyrrole nitrogens is 1. The number of benzene rings is 5. The number of rotatable bonds is 41. The molecule has 14 rings (SSSR count). The number of pyridine rings is 1. The lowest BCUT2D eigenvalue weighted by molar-refractivity contribution is -0.384. The van der Waals surface area contributed by atoms with Crippen molar-refractivity contribution in [2.45, 2.75) is 102 Å². The van der Waals surface area contributed by atoms with Gasteiger partial charge in [-0.3, -0.25) is 78.6 Å². The number of fused-ring (bicyclic) bond motifs is 3. The predicted molar refractivity (Wildman–Crippen MR) is 463 cm³/mol. The first-order valence-corrected chi connectivity index (χ1v) is 44.3. The van der Waals surface area contributed by atoms with Gasteiger partial charge < -0.3 is 63.9 Å². The zero-order valence-corrected chi connectivity index (χ0v) is 71.5. The maximum absolute atomic E-state index is 14.3. The quantitative estimate of drug-likeness (QED) is 0.00682. The van der Waals surface area contributed by atoms with Gasteiger partial charge in [-0.2, -0.15) is 0 Å². The number of nitrogens with zero attached hydrogens (tertiary/aromatic N) is 7. The van der Waals surface area contributed by atoms with Gasteiger partial charge >= 0.3 is 0 Å². The fourth-order valence-electron chi connectivity index (χ4n) is 16.3. The second-order valence-corrected chi connectivity index (χ2v) is 34.7. The second-order valence-electron chi connectivity index (χ2n) is 32.2. The van der Waals surface area contributed by atoms with Crippen molar-refractivity contribution < 1.29 is 89.6 Å². The summed E-state index contributed by atoms with van der Waals surface area (Å²) in [4.78, 5) is 142. The molecule has 8 amide bonds. The Bertz CT molecular complexity index is 5220. The highest BCUT2D eigenvalue weighted by atomic mass is 35.5. The molecule has 5 aromatic carbocycles. The fraction of sp³-hybridized carbons (Fsp3) is 0.461. The van der Waals surface area contributed by atoms with Crippen LogP contribution in [0.3, 0.4) is 0 Å². The number of likely N-dealkylation sites (tertiary alicyclic amines) is 1. The van der Waals surface area contributed by atoms with Gasteiger partial charge in [0.1, 0.15) is 40.7 Å². The number of aromatic amines is 1.